The third-order valence-corrected chi connectivity index (χ3v) is 4.59. The van der Waals surface area contributed by atoms with Gasteiger partial charge in [-0.1, -0.05) is 35.9 Å². The van der Waals surface area contributed by atoms with Crippen molar-refractivity contribution in [3.8, 4) is 11.5 Å². The Bertz CT molecular complexity index is 1140. The van der Waals surface area contributed by atoms with Gasteiger partial charge in [-0.3, -0.25) is 14.9 Å². The van der Waals surface area contributed by atoms with E-state index < -0.39 is 4.92 Å². The molecule has 29 heavy (non-hydrogen) atoms. The molecule has 0 atom stereocenters. The lowest BCUT2D eigenvalue weighted by molar-refractivity contribution is -0.384. The van der Waals surface area contributed by atoms with E-state index in [0.29, 0.717) is 34.3 Å². The lowest BCUT2D eigenvalue weighted by Crippen LogP contribution is -1.98. The highest BCUT2D eigenvalue weighted by Gasteiger charge is 2.27. The number of benzene rings is 3. The van der Waals surface area contributed by atoms with E-state index in [1.165, 1.54) is 18.2 Å². The molecule has 0 bridgehead atoms. The smallest absolute Gasteiger partial charge is 0.270 e. The third-order valence-electron chi connectivity index (χ3n) is 4.34. The Labute approximate surface area is 171 Å². The van der Waals surface area contributed by atoms with Gasteiger partial charge in [0.1, 0.15) is 18.1 Å². The molecule has 0 unspecified atom stereocenters. The number of rotatable bonds is 5. The number of nitrogens with zero attached hydrogens (tertiary/aromatic N) is 1. The normalized spacial score (nSPS) is 13.8. The number of Topliss-reactive ketones (excluding diaryl/α,β-unsaturated/α-hetero) is 1. The van der Waals surface area contributed by atoms with Gasteiger partial charge in [0, 0.05) is 23.2 Å². The average Bonchev–Trinajstić information content (AvgIpc) is 3.02. The maximum Gasteiger partial charge on any atom is 0.270 e. The molecule has 3 aromatic carbocycles. The zero-order chi connectivity index (χ0) is 20.4. The number of hydrogen-bond acceptors (Lipinski definition) is 5. The first-order valence-electron chi connectivity index (χ1n) is 8.69. The minimum absolute atomic E-state index is 0.0554. The SMILES string of the molecule is O=C1/C(=C/c2cccc([N+](=O)[O-])c2)Oc2cc(OCc3ccc(Cl)cc3)ccc21. The third kappa shape index (κ3) is 4.12. The van der Waals surface area contributed by atoms with Crippen molar-refractivity contribution in [1.82, 2.24) is 0 Å². The molecule has 0 saturated heterocycles. The predicted octanol–water partition coefficient (Wildman–Crippen LogP) is 5.44. The van der Waals surface area contributed by atoms with Crippen molar-refractivity contribution < 1.29 is 19.2 Å². The first-order chi connectivity index (χ1) is 14.0. The van der Waals surface area contributed by atoms with Crippen LogP contribution in [0.2, 0.25) is 5.02 Å². The van der Waals surface area contributed by atoms with Gasteiger partial charge in [0.25, 0.3) is 5.69 Å². The van der Waals surface area contributed by atoms with Crippen LogP contribution in [-0.2, 0) is 6.61 Å². The van der Waals surface area contributed by atoms with E-state index in [1.807, 2.05) is 12.1 Å². The molecule has 0 aromatic heterocycles. The highest BCUT2D eigenvalue weighted by molar-refractivity contribution is 6.30. The number of carbonyl (C=O) groups excluding carboxylic acids is 1. The number of allylic oxidation sites excluding steroid dienone is 1. The molecule has 6 nitrogen and oxygen atoms in total. The van der Waals surface area contributed by atoms with Gasteiger partial charge in [-0.15, -0.1) is 0 Å². The molecule has 3 aromatic rings. The van der Waals surface area contributed by atoms with Crippen molar-refractivity contribution in [3.63, 3.8) is 0 Å². The summed E-state index contributed by atoms with van der Waals surface area (Å²) >= 11 is 5.87. The van der Waals surface area contributed by atoms with Crippen LogP contribution >= 0.6 is 11.6 Å². The molecule has 144 valence electrons. The van der Waals surface area contributed by atoms with Crippen LogP contribution in [0, 0.1) is 10.1 Å². The zero-order valence-electron chi connectivity index (χ0n) is 15.0. The number of fused-ring (bicyclic) bond motifs is 1. The number of nitro benzene ring substituents is 1. The Hall–Kier alpha value is -3.64. The first kappa shape index (κ1) is 18.7. The highest BCUT2D eigenvalue weighted by atomic mass is 35.5. The van der Waals surface area contributed by atoms with Crippen LogP contribution in [0.1, 0.15) is 21.5 Å². The molecular weight excluding hydrogens is 394 g/mol. The first-order valence-corrected chi connectivity index (χ1v) is 9.07. The summed E-state index contributed by atoms with van der Waals surface area (Å²) in [7, 11) is 0. The standard InChI is InChI=1S/C22H14ClNO5/c23-16-6-4-14(5-7-16)13-28-18-8-9-19-20(12-18)29-21(22(19)25)11-15-2-1-3-17(10-15)24(26)27/h1-12H,13H2/b21-11-. The van der Waals surface area contributed by atoms with Crippen molar-refractivity contribution in [2.24, 2.45) is 0 Å². The van der Waals surface area contributed by atoms with Crippen LogP contribution in [0.5, 0.6) is 11.5 Å². The Morgan fingerprint density at radius 3 is 2.62 bits per heavy atom. The van der Waals surface area contributed by atoms with Crippen LogP contribution in [0.3, 0.4) is 0 Å². The lowest BCUT2D eigenvalue weighted by Gasteiger charge is -2.07. The molecule has 1 aliphatic heterocycles. The maximum absolute atomic E-state index is 12.6. The second-order valence-corrected chi connectivity index (χ2v) is 6.80. The largest absolute Gasteiger partial charge is 0.489 e. The predicted molar refractivity (Wildman–Crippen MR) is 108 cm³/mol. The van der Waals surface area contributed by atoms with Gasteiger partial charge in [-0.2, -0.15) is 0 Å². The number of ether oxygens (including phenoxy) is 2. The number of carbonyl (C=O) groups is 1. The minimum Gasteiger partial charge on any atom is -0.489 e. The lowest BCUT2D eigenvalue weighted by atomic mass is 10.1. The Balaban J connectivity index is 1.51. The van der Waals surface area contributed by atoms with Crippen LogP contribution < -0.4 is 9.47 Å². The van der Waals surface area contributed by atoms with Crippen LogP contribution in [0.25, 0.3) is 6.08 Å². The van der Waals surface area contributed by atoms with Crippen molar-refractivity contribution in [2.75, 3.05) is 0 Å². The maximum atomic E-state index is 12.6. The summed E-state index contributed by atoms with van der Waals surface area (Å²) in [5.41, 5.74) is 1.83. The number of nitro groups is 1. The summed E-state index contributed by atoms with van der Waals surface area (Å²) in [5, 5.41) is 11.6. The highest BCUT2D eigenvalue weighted by Crippen LogP contribution is 2.35. The molecule has 0 saturated carbocycles. The summed E-state index contributed by atoms with van der Waals surface area (Å²) in [6.07, 6.45) is 1.49. The molecular formula is C22H14ClNO5. The van der Waals surface area contributed by atoms with E-state index in [-0.39, 0.29) is 17.2 Å². The van der Waals surface area contributed by atoms with E-state index in [9.17, 15) is 14.9 Å². The number of ketones is 1. The molecule has 0 fully saturated rings. The van der Waals surface area contributed by atoms with Crippen molar-refractivity contribution >= 4 is 29.1 Å². The summed E-state index contributed by atoms with van der Waals surface area (Å²) in [6.45, 7) is 0.348. The van der Waals surface area contributed by atoms with Crippen LogP contribution in [0.4, 0.5) is 5.69 Å². The topological polar surface area (TPSA) is 78.7 Å². The summed E-state index contributed by atoms with van der Waals surface area (Å²) in [5.74, 6) is 0.773. The van der Waals surface area contributed by atoms with Gasteiger partial charge in [-0.25, -0.2) is 0 Å². The second kappa shape index (κ2) is 7.77. The monoisotopic (exact) mass is 407 g/mol. The van der Waals surface area contributed by atoms with E-state index in [2.05, 4.69) is 0 Å². The molecule has 0 radical (unpaired) electrons. The van der Waals surface area contributed by atoms with Crippen molar-refractivity contribution in [1.29, 1.82) is 0 Å². The Kier molecular flexibility index (Phi) is 5.01. The Morgan fingerprint density at radius 2 is 1.86 bits per heavy atom. The molecule has 0 aliphatic carbocycles. The average molecular weight is 408 g/mol. The summed E-state index contributed by atoms with van der Waals surface area (Å²) in [4.78, 5) is 23.0. The summed E-state index contributed by atoms with van der Waals surface area (Å²) in [6, 6.07) is 18.3. The second-order valence-electron chi connectivity index (χ2n) is 6.36. The Morgan fingerprint density at radius 1 is 1.07 bits per heavy atom. The molecule has 0 N–H and O–H groups in total. The minimum atomic E-state index is -0.488. The van der Waals surface area contributed by atoms with E-state index in [0.717, 1.165) is 5.56 Å². The van der Waals surface area contributed by atoms with Crippen molar-refractivity contribution in [3.05, 3.63) is 104 Å². The summed E-state index contributed by atoms with van der Waals surface area (Å²) < 4.78 is 11.4. The molecule has 0 amide bonds. The van der Waals surface area contributed by atoms with E-state index >= 15 is 0 Å². The molecule has 0 spiro atoms. The van der Waals surface area contributed by atoms with E-state index in [1.54, 1.807) is 42.5 Å². The fourth-order valence-electron chi connectivity index (χ4n) is 2.88. The van der Waals surface area contributed by atoms with Crippen molar-refractivity contribution in [2.45, 2.75) is 6.61 Å². The molecule has 4 rings (SSSR count). The zero-order valence-corrected chi connectivity index (χ0v) is 15.8. The molecule has 7 heteroatoms. The molecule has 1 aliphatic rings. The molecule has 1 heterocycles. The van der Waals surface area contributed by atoms with Gasteiger partial charge >= 0.3 is 0 Å². The van der Waals surface area contributed by atoms with Gasteiger partial charge < -0.3 is 9.47 Å². The van der Waals surface area contributed by atoms with Gasteiger partial charge in [0.2, 0.25) is 5.78 Å². The number of halogens is 1. The van der Waals surface area contributed by atoms with E-state index in [4.69, 9.17) is 21.1 Å². The van der Waals surface area contributed by atoms with Gasteiger partial charge in [-0.05, 0) is 41.5 Å². The number of non-ortho nitro benzene ring substituents is 1. The quantitative estimate of drug-likeness (QED) is 0.319. The van der Waals surface area contributed by atoms with Gasteiger partial charge in [0.15, 0.2) is 5.76 Å². The van der Waals surface area contributed by atoms with Gasteiger partial charge in [0.05, 0.1) is 10.5 Å². The van der Waals surface area contributed by atoms with Crippen LogP contribution in [0.15, 0.2) is 72.5 Å². The fourth-order valence-corrected chi connectivity index (χ4v) is 3.01. The number of hydrogen-bond donors (Lipinski definition) is 0. The van der Waals surface area contributed by atoms with Crippen LogP contribution in [-0.4, -0.2) is 10.7 Å². The fraction of sp³-hybridized carbons (Fsp3) is 0.0455.